The van der Waals surface area contributed by atoms with Crippen molar-refractivity contribution < 1.29 is 24.2 Å². The number of unbranched alkanes of at least 4 members (excludes halogenated alkanes) is 20. The number of esters is 2. The average molecular weight is 555 g/mol. The number of hydrogen-bond acceptors (Lipinski definition) is 5. The summed E-state index contributed by atoms with van der Waals surface area (Å²) in [7, 11) is 0. The van der Waals surface area contributed by atoms with Crippen molar-refractivity contribution in [2.24, 2.45) is 5.92 Å². The quantitative estimate of drug-likeness (QED) is 0.0706. The summed E-state index contributed by atoms with van der Waals surface area (Å²) in [6.07, 6.45) is 28.7. The fraction of sp³-hybridized carbons (Fsp3) is 0.941. The zero-order valence-electron chi connectivity index (χ0n) is 26.3. The normalized spacial score (nSPS) is 12.1. The second-order valence-electron chi connectivity index (χ2n) is 12.1. The molecule has 0 saturated carbocycles. The minimum Gasteiger partial charge on any atom is -0.463 e. The van der Waals surface area contributed by atoms with E-state index in [4.69, 9.17) is 9.47 Å². The molecule has 0 fully saturated rings. The fourth-order valence-electron chi connectivity index (χ4n) is 4.92. The molecule has 0 aliphatic heterocycles. The van der Waals surface area contributed by atoms with Crippen LogP contribution in [0.4, 0.5) is 0 Å². The zero-order chi connectivity index (χ0) is 28.8. The molecule has 5 heteroatoms. The summed E-state index contributed by atoms with van der Waals surface area (Å²) in [6.45, 7) is 6.59. The van der Waals surface area contributed by atoms with Crippen molar-refractivity contribution in [1.29, 1.82) is 0 Å². The van der Waals surface area contributed by atoms with E-state index in [-0.39, 0.29) is 25.2 Å². The average Bonchev–Trinajstić information content (AvgIpc) is 2.91. The van der Waals surface area contributed by atoms with Crippen LogP contribution >= 0.6 is 0 Å². The van der Waals surface area contributed by atoms with Gasteiger partial charge in [-0.2, -0.15) is 0 Å². The summed E-state index contributed by atoms with van der Waals surface area (Å²) < 4.78 is 10.3. The van der Waals surface area contributed by atoms with Gasteiger partial charge in [-0.3, -0.25) is 9.59 Å². The van der Waals surface area contributed by atoms with Crippen LogP contribution < -0.4 is 0 Å². The second-order valence-corrected chi connectivity index (χ2v) is 12.1. The van der Waals surface area contributed by atoms with Crippen molar-refractivity contribution >= 4 is 11.9 Å². The lowest BCUT2D eigenvalue weighted by molar-refractivity contribution is -0.152. The van der Waals surface area contributed by atoms with Crippen LogP contribution in [-0.4, -0.2) is 36.4 Å². The molecule has 0 amide bonds. The number of ether oxygens (including phenoxy) is 2. The molecule has 1 N–H and O–H groups in total. The number of rotatable bonds is 30. The van der Waals surface area contributed by atoms with Crippen LogP contribution in [0.15, 0.2) is 0 Å². The number of aliphatic hydroxyl groups is 1. The minimum absolute atomic E-state index is 0.109. The number of aliphatic hydroxyl groups excluding tert-OH is 1. The van der Waals surface area contributed by atoms with Gasteiger partial charge >= 0.3 is 11.9 Å². The summed E-state index contributed by atoms with van der Waals surface area (Å²) in [4.78, 5) is 23.7. The summed E-state index contributed by atoms with van der Waals surface area (Å²) in [5, 5.41) is 9.94. The Morgan fingerprint density at radius 3 is 1.15 bits per heavy atom. The van der Waals surface area contributed by atoms with Crippen LogP contribution in [0.2, 0.25) is 0 Å². The van der Waals surface area contributed by atoms with Crippen molar-refractivity contribution in [3.63, 3.8) is 0 Å². The zero-order valence-corrected chi connectivity index (χ0v) is 26.3. The molecule has 0 aromatic carbocycles. The van der Waals surface area contributed by atoms with Gasteiger partial charge in [-0.25, -0.2) is 0 Å². The smallest absolute Gasteiger partial charge is 0.305 e. The lowest BCUT2D eigenvalue weighted by Gasteiger charge is -2.12. The molecule has 0 rings (SSSR count). The molecule has 0 aliphatic carbocycles. The molecule has 39 heavy (non-hydrogen) atoms. The highest BCUT2D eigenvalue weighted by atomic mass is 16.6. The van der Waals surface area contributed by atoms with Gasteiger partial charge in [-0.05, 0) is 18.8 Å². The molecule has 0 unspecified atom stereocenters. The third-order valence-electron chi connectivity index (χ3n) is 7.52. The third-order valence-corrected chi connectivity index (χ3v) is 7.52. The van der Waals surface area contributed by atoms with Crippen molar-refractivity contribution in [3.05, 3.63) is 0 Å². The third kappa shape index (κ3) is 31.3. The van der Waals surface area contributed by atoms with Gasteiger partial charge in [0, 0.05) is 12.8 Å². The van der Waals surface area contributed by atoms with E-state index in [9.17, 15) is 14.7 Å². The largest absolute Gasteiger partial charge is 0.463 e. The first-order valence-corrected chi connectivity index (χ1v) is 16.9. The first-order chi connectivity index (χ1) is 19.0. The molecule has 0 aliphatic rings. The van der Waals surface area contributed by atoms with Gasteiger partial charge in [-0.1, -0.05) is 156 Å². The Morgan fingerprint density at radius 2 is 0.821 bits per heavy atom. The van der Waals surface area contributed by atoms with Crippen molar-refractivity contribution in [2.45, 2.75) is 187 Å². The summed E-state index contributed by atoms with van der Waals surface area (Å²) in [5.74, 6) is 0.236. The van der Waals surface area contributed by atoms with E-state index in [0.29, 0.717) is 12.8 Å². The van der Waals surface area contributed by atoms with Crippen molar-refractivity contribution in [2.75, 3.05) is 13.2 Å². The molecule has 0 spiro atoms. The van der Waals surface area contributed by atoms with E-state index in [1.807, 2.05) is 0 Å². The van der Waals surface area contributed by atoms with Crippen LogP contribution in [0.5, 0.6) is 0 Å². The Balaban J connectivity index is 3.40. The standard InChI is InChI=1S/C34H66O5/c1-4-5-6-7-8-9-10-11-12-13-14-15-18-21-24-27-33(36)38-29-32(35)30-39-34(37)28-25-22-19-16-17-20-23-26-31(2)3/h31-32,35H,4-30H2,1-3H3/t32-/m1/s1. The predicted octanol–water partition coefficient (Wildman–Crippen LogP) is 9.86. The molecular formula is C34H66O5. The van der Waals surface area contributed by atoms with Gasteiger partial charge in [0.1, 0.15) is 19.3 Å². The lowest BCUT2D eigenvalue weighted by atomic mass is 10.0. The van der Waals surface area contributed by atoms with Crippen molar-refractivity contribution in [1.82, 2.24) is 0 Å². The maximum atomic E-state index is 11.9. The fourth-order valence-corrected chi connectivity index (χ4v) is 4.92. The number of hydrogen-bond donors (Lipinski definition) is 1. The SMILES string of the molecule is CCCCCCCCCCCCCCCCCC(=O)OC[C@@H](O)COC(=O)CCCCCCCCCC(C)C. The topological polar surface area (TPSA) is 72.8 Å². The Kier molecular flexibility index (Phi) is 29.0. The monoisotopic (exact) mass is 554 g/mol. The molecule has 0 heterocycles. The molecule has 0 saturated heterocycles. The molecule has 0 aromatic heterocycles. The Morgan fingerprint density at radius 1 is 0.513 bits per heavy atom. The molecule has 5 nitrogen and oxygen atoms in total. The lowest BCUT2D eigenvalue weighted by Crippen LogP contribution is -2.25. The maximum Gasteiger partial charge on any atom is 0.305 e. The van der Waals surface area contributed by atoms with Crippen LogP contribution in [0.25, 0.3) is 0 Å². The van der Waals surface area contributed by atoms with Gasteiger partial charge in [0.2, 0.25) is 0 Å². The van der Waals surface area contributed by atoms with Crippen LogP contribution in [0, 0.1) is 5.92 Å². The highest BCUT2D eigenvalue weighted by molar-refractivity contribution is 5.69. The summed E-state index contributed by atoms with van der Waals surface area (Å²) >= 11 is 0. The van der Waals surface area contributed by atoms with E-state index in [1.54, 1.807) is 0 Å². The van der Waals surface area contributed by atoms with Gasteiger partial charge in [0.25, 0.3) is 0 Å². The summed E-state index contributed by atoms with van der Waals surface area (Å²) in [5.41, 5.74) is 0. The molecular weight excluding hydrogens is 488 g/mol. The molecule has 0 aromatic rings. The molecule has 232 valence electrons. The minimum atomic E-state index is -0.954. The maximum absolute atomic E-state index is 11.9. The Bertz CT molecular complexity index is 534. The van der Waals surface area contributed by atoms with Crippen LogP contribution in [0.1, 0.15) is 181 Å². The number of carbonyl (C=O) groups excluding carboxylic acids is 2. The highest BCUT2D eigenvalue weighted by Gasteiger charge is 2.12. The Hall–Kier alpha value is -1.10. The first-order valence-electron chi connectivity index (χ1n) is 16.9. The predicted molar refractivity (Wildman–Crippen MR) is 164 cm³/mol. The molecule has 0 radical (unpaired) electrons. The first kappa shape index (κ1) is 37.9. The van der Waals surface area contributed by atoms with Gasteiger partial charge in [0.05, 0.1) is 0 Å². The van der Waals surface area contributed by atoms with E-state index in [0.717, 1.165) is 38.0 Å². The van der Waals surface area contributed by atoms with Crippen LogP contribution in [0.3, 0.4) is 0 Å². The molecule has 0 bridgehead atoms. The van der Waals surface area contributed by atoms with Crippen LogP contribution in [-0.2, 0) is 19.1 Å². The van der Waals surface area contributed by atoms with Gasteiger partial charge in [-0.15, -0.1) is 0 Å². The highest BCUT2D eigenvalue weighted by Crippen LogP contribution is 2.15. The Labute approximate surface area is 242 Å². The van der Waals surface area contributed by atoms with E-state index in [2.05, 4.69) is 20.8 Å². The van der Waals surface area contributed by atoms with E-state index < -0.39 is 6.10 Å². The van der Waals surface area contributed by atoms with E-state index >= 15 is 0 Å². The van der Waals surface area contributed by atoms with Gasteiger partial charge in [0.15, 0.2) is 0 Å². The van der Waals surface area contributed by atoms with Gasteiger partial charge < -0.3 is 14.6 Å². The second kappa shape index (κ2) is 29.9. The summed E-state index contributed by atoms with van der Waals surface area (Å²) in [6, 6.07) is 0. The van der Waals surface area contributed by atoms with E-state index in [1.165, 1.54) is 116 Å². The number of carbonyl (C=O) groups is 2. The van der Waals surface area contributed by atoms with Crippen molar-refractivity contribution in [3.8, 4) is 0 Å². The molecule has 1 atom stereocenters.